The van der Waals surface area contributed by atoms with Gasteiger partial charge in [0.1, 0.15) is 0 Å². The standard InChI is InChI=1S/C18H24.C10H16NPS.2C3H8.C2H6/c1-5-15-10-11-16(12-14(4)13(2)3)18-9-7-6-8-17(15)18;1-3-10(12)7-4-8(11)6-9(5-7)13-2;2*1-3-2;1-2/h6-11,13-14H,5,12H2,1-4H3;4-6,10H,3,11-12H2,1-2H3;2*3H2,1-2H3;1-2H3. The van der Waals surface area contributed by atoms with E-state index in [2.05, 4.69) is 126 Å². The molecule has 3 rings (SSSR count). The van der Waals surface area contributed by atoms with Crippen LogP contribution < -0.4 is 5.73 Å². The van der Waals surface area contributed by atoms with Crippen molar-refractivity contribution in [2.45, 2.75) is 119 Å². The maximum atomic E-state index is 5.80. The van der Waals surface area contributed by atoms with Crippen LogP contribution in [0.15, 0.2) is 59.5 Å². The van der Waals surface area contributed by atoms with Crippen LogP contribution in [-0.2, 0) is 12.8 Å². The van der Waals surface area contributed by atoms with Crippen LogP contribution in [0.3, 0.4) is 0 Å². The number of nitrogen functional groups attached to an aromatic ring is 1. The molecule has 3 heteroatoms. The maximum Gasteiger partial charge on any atom is 0.0328 e. The Morgan fingerprint density at radius 2 is 1.26 bits per heavy atom. The third kappa shape index (κ3) is 15.8. The fraction of sp³-hybridized carbons (Fsp3) is 0.556. The van der Waals surface area contributed by atoms with Crippen molar-refractivity contribution in [2.24, 2.45) is 11.8 Å². The molecular weight excluding hydrogens is 509 g/mol. The molecule has 0 aliphatic heterocycles. The van der Waals surface area contributed by atoms with Gasteiger partial charge in [0.05, 0.1) is 0 Å². The van der Waals surface area contributed by atoms with Gasteiger partial charge in [-0.25, -0.2) is 0 Å². The van der Waals surface area contributed by atoms with Crippen LogP contribution >= 0.6 is 21.0 Å². The van der Waals surface area contributed by atoms with E-state index < -0.39 is 0 Å². The van der Waals surface area contributed by atoms with E-state index in [-0.39, 0.29) is 0 Å². The van der Waals surface area contributed by atoms with Crippen LogP contribution in [0.4, 0.5) is 5.69 Å². The molecule has 0 fully saturated rings. The maximum absolute atomic E-state index is 5.80. The SMILES string of the molecule is CC.CCC.CCC.CCC(P)c1cc(N)cc(SC)c1.CCc1ccc(CC(C)C(C)C)c2ccccc12. The van der Waals surface area contributed by atoms with Crippen LogP contribution in [0.25, 0.3) is 10.8 Å². The Morgan fingerprint density at radius 3 is 1.69 bits per heavy atom. The number of rotatable bonds is 7. The Hall–Kier alpha value is -1.50. The lowest BCUT2D eigenvalue weighted by molar-refractivity contribution is 0.418. The second-order valence-corrected chi connectivity index (χ2v) is 11.9. The van der Waals surface area contributed by atoms with Crippen molar-refractivity contribution in [3.05, 3.63) is 71.3 Å². The lowest BCUT2D eigenvalue weighted by Gasteiger charge is -2.17. The summed E-state index contributed by atoms with van der Waals surface area (Å²) >= 11 is 1.74. The minimum absolute atomic E-state index is 0.523. The highest BCUT2D eigenvalue weighted by molar-refractivity contribution is 7.98. The molecule has 3 atom stereocenters. The van der Waals surface area contributed by atoms with E-state index in [0.29, 0.717) is 5.66 Å². The minimum Gasteiger partial charge on any atom is -0.399 e. The molecule has 0 amide bonds. The van der Waals surface area contributed by atoms with Gasteiger partial charge in [-0.05, 0) is 88.7 Å². The molecule has 39 heavy (non-hydrogen) atoms. The Balaban J connectivity index is 0. The van der Waals surface area contributed by atoms with Crippen LogP contribution in [0.1, 0.15) is 118 Å². The Morgan fingerprint density at radius 1 is 0.769 bits per heavy atom. The summed E-state index contributed by atoms with van der Waals surface area (Å²) in [6.07, 6.45) is 7.99. The van der Waals surface area contributed by atoms with Crippen LogP contribution in [-0.4, -0.2) is 6.26 Å². The highest BCUT2D eigenvalue weighted by atomic mass is 32.2. The Kier molecular flexibility index (Phi) is 24.7. The fourth-order valence-electron chi connectivity index (χ4n) is 3.71. The Labute approximate surface area is 250 Å². The predicted molar refractivity (Wildman–Crippen MR) is 190 cm³/mol. The molecule has 0 radical (unpaired) electrons. The molecule has 0 saturated heterocycles. The van der Waals surface area contributed by atoms with E-state index >= 15 is 0 Å². The lowest BCUT2D eigenvalue weighted by atomic mass is 9.88. The van der Waals surface area contributed by atoms with Crippen molar-refractivity contribution < 1.29 is 0 Å². The summed E-state index contributed by atoms with van der Waals surface area (Å²) < 4.78 is 0. The molecule has 0 aliphatic rings. The van der Waals surface area contributed by atoms with Gasteiger partial charge in [0, 0.05) is 10.6 Å². The number of hydrogen-bond acceptors (Lipinski definition) is 2. The van der Waals surface area contributed by atoms with E-state index in [0.717, 1.165) is 30.4 Å². The van der Waals surface area contributed by atoms with Gasteiger partial charge in [-0.1, -0.05) is 125 Å². The van der Waals surface area contributed by atoms with Crippen molar-refractivity contribution in [1.29, 1.82) is 0 Å². The second-order valence-electron chi connectivity index (χ2n) is 10.2. The second kappa shape index (κ2) is 24.3. The molecule has 0 aliphatic carbocycles. The zero-order valence-corrected chi connectivity index (χ0v) is 29.5. The molecule has 3 unspecified atom stereocenters. The number of hydrogen-bond donors (Lipinski definition) is 1. The molecule has 3 aromatic carbocycles. The van der Waals surface area contributed by atoms with E-state index in [1.54, 1.807) is 11.8 Å². The van der Waals surface area contributed by atoms with Gasteiger partial charge >= 0.3 is 0 Å². The van der Waals surface area contributed by atoms with Crippen LogP contribution in [0, 0.1) is 11.8 Å². The van der Waals surface area contributed by atoms with E-state index in [4.69, 9.17) is 5.73 Å². The van der Waals surface area contributed by atoms with Gasteiger partial charge in [0.25, 0.3) is 0 Å². The summed E-state index contributed by atoms with van der Waals surface area (Å²) in [5.41, 5.74) is 11.5. The molecule has 2 N–H and O–H groups in total. The summed E-state index contributed by atoms with van der Waals surface area (Å²) in [5.74, 6) is 1.48. The average Bonchev–Trinajstić information content (AvgIpc) is 2.94. The number of anilines is 1. The van der Waals surface area contributed by atoms with Crippen molar-refractivity contribution in [3.8, 4) is 0 Å². The van der Waals surface area contributed by atoms with E-state index in [1.807, 2.05) is 19.9 Å². The number of benzene rings is 3. The minimum atomic E-state index is 0.523. The number of fused-ring (bicyclic) bond motifs is 1. The van der Waals surface area contributed by atoms with Gasteiger partial charge in [0.2, 0.25) is 0 Å². The summed E-state index contributed by atoms with van der Waals surface area (Å²) in [5, 5.41) is 2.89. The molecule has 0 spiro atoms. The summed E-state index contributed by atoms with van der Waals surface area (Å²) in [4.78, 5) is 1.25. The molecule has 0 heterocycles. The molecule has 0 bridgehead atoms. The zero-order chi connectivity index (χ0) is 30.4. The van der Waals surface area contributed by atoms with Crippen molar-refractivity contribution in [3.63, 3.8) is 0 Å². The van der Waals surface area contributed by atoms with Crippen LogP contribution in [0.2, 0.25) is 0 Å². The fourth-order valence-corrected chi connectivity index (χ4v) is 4.41. The largest absolute Gasteiger partial charge is 0.399 e. The van der Waals surface area contributed by atoms with E-state index in [1.165, 1.54) is 51.6 Å². The van der Waals surface area contributed by atoms with Crippen molar-refractivity contribution in [2.75, 3.05) is 12.0 Å². The number of nitrogens with two attached hydrogens (primary N) is 1. The zero-order valence-electron chi connectivity index (χ0n) is 27.5. The molecule has 1 nitrogen and oxygen atoms in total. The highest BCUT2D eigenvalue weighted by Gasteiger charge is 2.11. The molecule has 0 aromatic heterocycles. The molecule has 3 aromatic rings. The normalized spacial score (nSPS) is 11.4. The van der Waals surface area contributed by atoms with Gasteiger partial charge in [0.15, 0.2) is 0 Å². The first-order valence-electron chi connectivity index (χ1n) is 15.3. The number of aryl methyl sites for hydroxylation is 1. The van der Waals surface area contributed by atoms with Crippen LogP contribution in [0.5, 0.6) is 0 Å². The summed E-state index contributed by atoms with van der Waals surface area (Å²) in [6.45, 7) is 23.9. The molecule has 222 valence electrons. The molecular formula is C36H62NPS. The third-order valence-corrected chi connectivity index (χ3v) is 7.78. The van der Waals surface area contributed by atoms with Crippen molar-refractivity contribution >= 4 is 37.5 Å². The van der Waals surface area contributed by atoms with Gasteiger partial charge in [-0.3, -0.25) is 0 Å². The monoisotopic (exact) mass is 571 g/mol. The topological polar surface area (TPSA) is 26.0 Å². The first-order valence-corrected chi connectivity index (χ1v) is 17.2. The summed E-state index contributed by atoms with van der Waals surface area (Å²) in [7, 11) is 2.85. The smallest absolute Gasteiger partial charge is 0.0328 e. The predicted octanol–water partition coefficient (Wildman–Crippen LogP) is 12.4. The van der Waals surface area contributed by atoms with E-state index in [9.17, 15) is 0 Å². The highest BCUT2D eigenvalue weighted by Crippen LogP contribution is 2.31. The van der Waals surface area contributed by atoms with Crippen molar-refractivity contribution in [1.82, 2.24) is 0 Å². The third-order valence-electron chi connectivity index (χ3n) is 6.22. The quantitative estimate of drug-likeness (QED) is 0.173. The summed E-state index contributed by atoms with van der Waals surface area (Å²) in [6, 6.07) is 19.8. The van der Waals surface area contributed by atoms with Gasteiger partial charge in [-0.2, -0.15) is 0 Å². The average molecular weight is 572 g/mol. The number of thioether (sulfide) groups is 1. The Bertz CT molecular complexity index is 997. The molecule has 0 saturated carbocycles. The lowest BCUT2D eigenvalue weighted by Crippen LogP contribution is -2.07. The first-order chi connectivity index (χ1) is 18.6. The van der Waals surface area contributed by atoms with Gasteiger partial charge < -0.3 is 5.73 Å². The van der Waals surface area contributed by atoms with Gasteiger partial charge in [-0.15, -0.1) is 21.0 Å². The first kappa shape index (κ1) is 39.6.